The van der Waals surface area contributed by atoms with Crippen LogP contribution in [-0.4, -0.2) is 10.9 Å². The number of hydrogen-bond acceptors (Lipinski definition) is 3. The van der Waals surface area contributed by atoms with E-state index in [1.165, 1.54) is 37.5 Å². The number of rotatable bonds is 10. The molecule has 0 unspecified atom stereocenters. The van der Waals surface area contributed by atoms with Gasteiger partial charge in [-0.05, 0) is 53.8 Å². The number of ketones is 1. The molecule has 174 valence electrons. The van der Waals surface area contributed by atoms with Gasteiger partial charge in [0.05, 0.1) is 5.56 Å². The van der Waals surface area contributed by atoms with Gasteiger partial charge >= 0.3 is 6.11 Å². The van der Waals surface area contributed by atoms with E-state index in [1.54, 1.807) is 12.1 Å². The molecule has 1 N–H and O–H groups in total. The van der Waals surface area contributed by atoms with Gasteiger partial charge in [-0.15, -0.1) is 0 Å². The Balaban J connectivity index is 1.74. The number of ether oxygens (including phenoxy) is 1. The molecule has 0 heterocycles. The van der Waals surface area contributed by atoms with Crippen LogP contribution < -0.4 is 4.74 Å². The summed E-state index contributed by atoms with van der Waals surface area (Å²) in [6.45, 7) is 3.69. The van der Waals surface area contributed by atoms with Gasteiger partial charge in [0.2, 0.25) is 0 Å². The van der Waals surface area contributed by atoms with Crippen LogP contribution in [0.4, 0.5) is 13.2 Å². The topological polar surface area (TPSA) is 46.5 Å². The third kappa shape index (κ3) is 5.75. The summed E-state index contributed by atoms with van der Waals surface area (Å²) in [6, 6.07) is 15.9. The molecule has 0 spiro atoms. The van der Waals surface area contributed by atoms with Crippen LogP contribution in [-0.2, 0) is 12.5 Å². The maximum atomic E-state index is 14.6. The largest absolute Gasteiger partial charge is 0.504 e. The van der Waals surface area contributed by atoms with Crippen LogP contribution in [0.25, 0.3) is 11.1 Å². The molecule has 0 bridgehead atoms. The number of hydrogen-bond donors (Lipinski definition) is 1. The van der Waals surface area contributed by atoms with Crippen molar-refractivity contribution in [2.75, 3.05) is 0 Å². The van der Waals surface area contributed by atoms with Crippen molar-refractivity contribution < 1.29 is 27.8 Å². The predicted octanol–water partition coefficient (Wildman–Crippen LogP) is 7.65. The second kappa shape index (κ2) is 10.6. The van der Waals surface area contributed by atoms with Gasteiger partial charge in [-0.25, -0.2) is 4.39 Å². The Labute approximate surface area is 191 Å². The molecular formula is C27H27F3O3. The number of carbonyl (C=O) groups excluding carboxylic acids is 1. The molecule has 3 aromatic rings. The van der Waals surface area contributed by atoms with Gasteiger partial charge in [0.15, 0.2) is 17.3 Å². The fourth-order valence-corrected chi connectivity index (χ4v) is 3.57. The normalized spacial score (nSPS) is 11.4. The zero-order valence-corrected chi connectivity index (χ0v) is 18.7. The average Bonchev–Trinajstić information content (AvgIpc) is 2.81. The quantitative estimate of drug-likeness (QED) is 0.252. The Morgan fingerprint density at radius 1 is 0.909 bits per heavy atom. The van der Waals surface area contributed by atoms with E-state index in [-0.39, 0.29) is 17.7 Å². The van der Waals surface area contributed by atoms with Crippen molar-refractivity contribution in [3.05, 3.63) is 83.2 Å². The summed E-state index contributed by atoms with van der Waals surface area (Å²) in [6.07, 6.45) is 0.494. The number of benzene rings is 3. The summed E-state index contributed by atoms with van der Waals surface area (Å²) in [5.41, 5.74) is 1.55. The van der Waals surface area contributed by atoms with Crippen LogP contribution in [0.3, 0.4) is 0 Å². The smallest absolute Gasteiger partial charge is 0.429 e. The Morgan fingerprint density at radius 2 is 1.52 bits per heavy atom. The van der Waals surface area contributed by atoms with Gasteiger partial charge in [-0.1, -0.05) is 63.1 Å². The Hall–Kier alpha value is -3.28. The highest BCUT2D eigenvalue weighted by Gasteiger charge is 2.39. The minimum absolute atomic E-state index is 0.00712. The van der Waals surface area contributed by atoms with Gasteiger partial charge in [0.1, 0.15) is 11.3 Å². The molecule has 0 saturated heterocycles. The van der Waals surface area contributed by atoms with Crippen LogP contribution in [0.2, 0.25) is 0 Å². The molecule has 0 fully saturated rings. The second-order valence-corrected chi connectivity index (χ2v) is 7.90. The minimum atomic E-state index is -4.04. The summed E-state index contributed by atoms with van der Waals surface area (Å²) in [5.74, 6) is -3.38. The van der Waals surface area contributed by atoms with E-state index in [9.17, 15) is 23.1 Å². The van der Waals surface area contributed by atoms with Gasteiger partial charge in [-0.3, -0.25) is 4.79 Å². The molecule has 0 atom stereocenters. The van der Waals surface area contributed by atoms with Crippen molar-refractivity contribution in [3.8, 4) is 22.6 Å². The Morgan fingerprint density at radius 3 is 2.09 bits per heavy atom. The molecule has 33 heavy (non-hydrogen) atoms. The van der Waals surface area contributed by atoms with Gasteiger partial charge in [0, 0.05) is 6.42 Å². The van der Waals surface area contributed by atoms with Crippen LogP contribution >= 0.6 is 0 Å². The average molecular weight is 457 g/mol. The van der Waals surface area contributed by atoms with Gasteiger partial charge in [0.25, 0.3) is 0 Å². The molecule has 0 amide bonds. The lowest BCUT2D eigenvalue weighted by Crippen LogP contribution is -2.23. The van der Waals surface area contributed by atoms with Gasteiger partial charge in [-0.2, -0.15) is 8.78 Å². The number of Topliss-reactive ketones (excluding diaryl/α,β-unsaturated/α-hetero) is 1. The molecule has 3 aromatic carbocycles. The zero-order chi connectivity index (χ0) is 24.0. The van der Waals surface area contributed by atoms with E-state index >= 15 is 0 Å². The monoisotopic (exact) mass is 456 g/mol. The van der Waals surface area contributed by atoms with Crippen molar-refractivity contribution in [1.82, 2.24) is 0 Å². The number of phenolic OH excluding ortho intramolecular Hbond substituents is 1. The molecule has 3 nitrogen and oxygen atoms in total. The molecule has 0 aliphatic carbocycles. The SMILES string of the molecule is CCCCCc1ccc(-c2ccc(OC(F)(F)c3ccc(C(=O)CC)c(O)c3F)cc2)cc1. The van der Waals surface area contributed by atoms with E-state index in [1.807, 2.05) is 12.1 Å². The number of carbonyl (C=O) groups is 1. The van der Waals surface area contributed by atoms with E-state index in [0.29, 0.717) is 0 Å². The van der Waals surface area contributed by atoms with Crippen molar-refractivity contribution in [2.24, 2.45) is 0 Å². The summed E-state index contributed by atoms with van der Waals surface area (Å²) in [7, 11) is 0. The third-order valence-corrected chi connectivity index (χ3v) is 5.51. The van der Waals surface area contributed by atoms with E-state index < -0.39 is 29.0 Å². The standard InChI is InChI=1S/C27H27F3O3/c1-3-5-6-7-18-8-10-19(11-9-18)20-12-14-21(15-13-20)33-27(29,30)23-17-16-22(24(31)4-2)26(32)25(23)28/h8-17,32H,3-7H2,1-2H3. The lowest BCUT2D eigenvalue weighted by Gasteiger charge is -2.20. The summed E-state index contributed by atoms with van der Waals surface area (Å²) >= 11 is 0. The molecule has 0 saturated carbocycles. The lowest BCUT2D eigenvalue weighted by molar-refractivity contribution is -0.187. The van der Waals surface area contributed by atoms with Crippen LogP contribution in [0.15, 0.2) is 60.7 Å². The molecule has 6 heteroatoms. The van der Waals surface area contributed by atoms with Crippen LogP contribution in [0.1, 0.15) is 61.0 Å². The first-order valence-electron chi connectivity index (χ1n) is 11.1. The third-order valence-electron chi connectivity index (χ3n) is 5.51. The predicted molar refractivity (Wildman–Crippen MR) is 122 cm³/mol. The molecule has 0 radical (unpaired) electrons. The Bertz CT molecular complexity index is 1090. The van der Waals surface area contributed by atoms with Crippen molar-refractivity contribution >= 4 is 5.78 Å². The van der Waals surface area contributed by atoms with E-state index in [2.05, 4.69) is 19.1 Å². The first-order valence-corrected chi connectivity index (χ1v) is 11.1. The molecule has 0 aliphatic rings. The number of aryl methyl sites for hydroxylation is 1. The molecule has 0 aliphatic heterocycles. The molecule has 0 aromatic heterocycles. The molecular weight excluding hydrogens is 429 g/mol. The van der Waals surface area contributed by atoms with Crippen LogP contribution in [0, 0.1) is 5.82 Å². The number of aromatic hydroxyl groups is 1. The van der Waals surface area contributed by atoms with Crippen molar-refractivity contribution in [1.29, 1.82) is 0 Å². The van der Waals surface area contributed by atoms with Crippen molar-refractivity contribution in [3.63, 3.8) is 0 Å². The number of alkyl halides is 2. The van der Waals surface area contributed by atoms with E-state index in [4.69, 9.17) is 4.74 Å². The highest BCUT2D eigenvalue weighted by molar-refractivity contribution is 5.98. The fraction of sp³-hybridized carbons (Fsp3) is 0.296. The Kier molecular flexibility index (Phi) is 7.79. The first kappa shape index (κ1) is 24.4. The summed E-state index contributed by atoms with van der Waals surface area (Å²) in [5, 5.41) is 9.87. The maximum Gasteiger partial charge on any atom is 0.429 e. The molecule has 3 rings (SSSR count). The summed E-state index contributed by atoms with van der Waals surface area (Å²) in [4.78, 5) is 11.7. The number of phenols is 1. The number of unbranched alkanes of at least 4 members (excludes halogenated alkanes) is 2. The lowest BCUT2D eigenvalue weighted by atomic mass is 10.0. The summed E-state index contributed by atoms with van der Waals surface area (Å²) < 4.78 is 48.4. The minimum Gasteiger partial charge on any atom is -0.504 e. The van der Waals surface area contributed by atoms with E-state index in [0.717, 1.165) is 36.1 Å². The first-order chi connectivity index (χ1) is 15.8. The fourth-order valence-electron chi connectivity index (χ4n) is 3.57. The highest BCUT2D eigenvalue weighted by atomic mass is 19.3. The zero-order valence-electron chi connectivity index (χ0n) is 18.7. The van der Waals surface area contributed by atoms with Gasteiger partial charge < -0.3 is 9.84 Å². The van der Waals surface area contributed by atoms with Crippen molar-refractivity contribution in [2.45, 2.75) is 52.1 Å². The van der Waals surface area contributed by atoms with Crippen LogP contribution in [0.5, 0.6) is 11.5 Å². The highest BCUT2D eigenvalue weighted by Crippen LogP contribution is 2.37. The number of halogens is 3. The maximum absolute atomic E-state index is 14.6. The second-order valence-electron chi connectivity index (χ2n) is 7.90.